The van der Waals surface area contributed by atoms with Gasteiger partial charge in [0.15, 0.2) is 0 Å². The minimum absolute atomic E-state index is 0.797. The van der Waals surface area contributed by atoms with Gasteiger partial charge in [0, 0.05) is 6.04 Å². The van der Waals surface area contributed by atoms with E-state index >= 15 is 0 Å². The highest BCUT2D eigenvalue weighted by Gasteiger charge is 2.20. The van der Waals surface area contributed by atoms with Gasteiger partial charge in [0.05, 0.1) is 0 Å². The Bertz CT molecular complexity index is 145. The summed E-state index contributed by atoms with van der Waals surface area (Å²) in [4.78, 5) is 2.69. The maximum atomic E-state index is 5.67. The fourth-order valence-corrected chi connectivity index (χ4v) is 2.62. The average molecular weight is 212 g/mol. The topological polar surface area (TPSA) is 29.3 Å². The van der Waals surface area contributed by atoms with Crippen molar-refractivity contribution in [2.45, 2.75) is 64.3 Å². The summed E-state index contributed by atoms with van der Waals surface area (Å²) >= 11 is 0. The van der Waals surface area contributed by atoms with Crippen LogP contribution in [0, 0.1) is 0 Å². The Morgan fingerprint density at radius 3 is 2.80 bits per heavy atom. The van der Waals surface area contributed by atoms with E-state index in [1.807, 2.05) is 0 Å². The average Bonchev–Trinajstić information content (AvgIpc) is 2.27. The summed E-state index contributed by atoms with van der Waals surface area (Å²) in [6.45, 7) is 5.76. The highest BCUT2D eigenvalue weighted by molar-refractivity contribution is 4.76. The fourth-order valence-electron chi connectivity index (χ4n) is 2.62. The maximum absolute atomic E-state index is 5.67. The van der Waals surface area contributed by atoms with Gasteiger partial charge in [-0.25, -0.2) is 0 Å². The van der Waals surface area contributed by atoms with Gasteiger partial charge in [-0.15, -0.1) is 0 Å². The van der Waals surface area contributed by atoms with Gasteiger partial charge in [0.1, 0.15) is 0 Å². The summed E-state index contributed by atoms with van der Waals surface area (Å²) in [7, 11) is 0. The highest BCUT2D eigenvalue weighted by atomic mass is 15.2. The molecule has 1 saturated heterocycles. The van der Waals surface area contributed by atoms with Crippen LogP contribution in [0.15, 0.2) is 0 Å². The van der Waals surface area contributed by atoms with E-state index in [1.54, 1.807) is 0 Å². The normalized spacial score (nSPS) is 23.2. The van der Waals surface area contributed by atoms with Crippen molar-refractivity contribution in [3.05, 3.63) is 0 Å². The Morgan fingerprint density at radius 1 is 1.20 bits per heavy atom. The smallest absolute Gasteiger partial charge is 0.0107 e. The summed E-state index contributed by atoms with van der Waals surface area (Å²) in [6, 6.07) is 0.797. The minimum atomic E-state index is 0.797. The number of rotatable bonds is 7. The van der Waals surface area contributed by atoms with Gasteiger partial charge >= 0.3 is 0 Å². The summed E-state index contributed by atoms with van der Waals surface area (Å²) in [6.07, 6.45) is 10.9. The van der Waals surface area contributed by atoms with Crippen LogP contribution in [0.3, 0.4) is 0 Å². The molecule has 1 rings (SSSR count). The first-order valence-electron chi connectivity index (χ1n) is 6.82. The van der Waals surface area contributed by atoms with Crippen molar-refractivity contribution in [3.63, 3.8) is 0 Å². The molecule has 0 aromatic heterocycles. The monoisotopic (exact) mass is 212 g/mol. The molecule has 0 radical (unpaired) electrons. The summed E-state index contributed by atoms with van der Waals surface area (Å²) in [5.41, 5.74) is 5.67. The number of likely N-dealkylation sites (tertiary alicyclic amines) is 1. The lowest BCUT2D eigenvalue weighted by Crippen LogP contribution is -2.41. The molecule has 1 fully saturated rings. The Kier molecular flexibility index (Phi) is 7.03. The Labute approximate surface area is 95.2 Å². The SMILES string of the molecule is CCCCCCN1CCCCC1CCN. The van der Waals surface area contributed by atoms with Crippen LogP contribution in [0.5, 0.6) is 0 Å². The predicted octanol–water partition coefficient (Wildman–Crippen LogP) is 2.77. The van der Waals surface area contributed by atoms with E-state index in [0.717, 1.165) is 12.6 Å². The molecule has 1 aliphatic rings. The van der Waals surface area contributed by atoms with Crippen molar-refractivity contribution < 1.29 is 0 Å². The number of hydrogen-bond acceptors (Lipinski definition) is 2. The molecule has 2 heteroatoms. The number of hydrogen-bond donors (Lipinski definition) is 1. The lowest BCUT2D eigenvalue weighted by molar-refractivity contribution is 0.139. The van der Waals surface area contributed by atoms with E-state index in [-0.39, 0.29) is 0 Å². The van der Waals surface area contributed by atoms with Gasteiger partial charge in [-0.3, -0.25) is 0 Å². The summed E-state index contributed by atoms with van der Waals surface area (Å²) in [5, 5.41) is 0. The first-order valence-corrected chi connectivity index (χ1v) is 6.82. The third kappa shape index (κ3) is 4.98. The predicted molar refractivity (Wildman–Crippen MR) is 67.0 cm³/mol. The molecule has 2 nitrogen and oxygen atoms in total. The third-order valence-corrected chi connectivity index (χ3v) is 3.55. The zero-order valence-electron chi connectivity index (χ0n) is 10.4. The van der Waals surface area contributed by atoms with Gasteiger partial charge in [0.25, 0.3) is 0 Å². The van der Waals surface area contributed by atoms with Gasteiger partial charge < -0.3 is 10.6 Å². The van der Waals surface area contributed by atoms with Crippen LogP contribution in [0.1, 0.15) is 58.3 Å². The zero-order valence-corrected chi connectivity index (χ0v) is 10.4. The molecule has 1 atom stereocenters. The molecule has 0 saturated carbocycles. The summed E-state index contributed by atoms with van der Waals surface area (Å²) < 4.78 is 0. The van der Waals surface area contributed by atoms with Crippen LogP contribution in [0.4, 0.5) is 0 Å². The van der Waals surface area contributed by atoms with Crippen molar-refractivity contribution in [1.29, 1.82) is 0 Å². The van der Waals surface area contributed by atoms with Gasteiger partial charge in [0.2, 0.25) is 0 Å². The second-order valence-corrected chi connectivity index (χ2v) is 4.82. The van der Waals surface area contributed by atoms with Crippen LogP contribution in [-0.4, -0.2) is 30.6 Å². The van der Waals surface area contributed by atoms with Crippen LogP contribution in [0.25, 0.3) is 0 Å². The van der Waals surface area contributed by atoms with Gasteiger partial charge in [-0.2, -0.15) is 0 Å². The van der Waals surface area contributed by atoms with Crippen molar-refractivity contribution in [1.82, 2.24) is 4.90 Å². The zero-order chi connectivity index (χ0) is 10.9. The number of nitrogens with two attached hydrogens (primary N) is 1. The molecule has 0 aromatic rings. The Morgan fingerprint density at radius 2 is 2.07 bits per heavy atom. The number of nitrogens with zero attached hydrogens (tertiary/aromatic N) is 1. The van der Waals surface area contributed by atoms with E-state index in [4.69, 9.17) is 5.73 Å². The van der Waals surface area contributed by atoms with Crippen LogP contribution >= 0.6 is 0 Å². The molecule has 90 valence electrons. The molecule has 1 aliphatic heterocycles. The second kappa shape index (κ2) is 8.12. The van der Waals surface area contributed by atoms with E-state index in [2.05, 4.69) is 11.8 Å². The Balaban J connectivity index is 2.17. The van der Waals surface area contributed by atoms with E-state index in [0.29, 0.717) is 0 Å². The fraction of sp³-hybridized carbons (Fsp3) is 1.00. The van der Waals surface area contributed by atoms with E-state index in [1.165, 1.54) is 64.5 Å². The van der Waals surface area contributed by atoms with Crippen molar-refractivity contribution in [3.8, 4) is 0 Å². The van der Waals surface area contributed by atoms with Crippen LogP contribution in [-0.2, 0) is 0 Å². The first kappa shape index (κ1) is 13.0. The molecule has 15 heavy (non-hydrogen) atoms. The molecule has 0 spiro atoms. The standard InChI is InChI=1S/C13H28N2/c1-2-3-4-6-11-15-12-7-5-8-13(15)9-10-14/h13H,2-12,14H2,1H3. The molecule has 0 aromatic carbocycles. The molecular weight excluding hydrogens is 184 g/mol. The third-order valence-electron chi connectivity index (χ3n) is 3.55. The number of unbranched alkanes of at least 4 members (excludes halogenated alkanes) is 3. The van der Waals surface area contributed by atoms with Gasteiger partial charge in [-0.1, -0.05) is 32.6 Å². The largest absolute Gasteiger partial charge is 0.330 e. The van der Waals surface area contributed by atoms with Crippen molar-refractivity contribution in [2.75, 3.05) is 19.6 Å². The van der Waals surface area contributed by atoms with E-state index in [9.17, 15) is 0 Å². The highest BCUT2D eigenvalue weighted by Crippen LogP contribution is 2.19. The minimum Gasteiger partial charge on any atom is -0.330 e. The van der Waals surface area contributed by atoms with Gasteiger partial charge in [-0.05, 0) is 45.3 Å². The molecule has 0 aliphatic carbocycles. The first-order chi connectivity index (χ1) is 7.38. The summed E-state index contributed by atoms with van der Waals surface area (Å²) in [5.74, 6) is 0. The molecular formula is C13H28N2. The molecule has 2 N–H and O–H groups in total. The number of piperidine rings is 1. The Hall–Kier alpha value is -0.0800. The molecule has 1 unspecified atom stereocenters. The lowest BCUT2D eigenvalue weighted by atomic mass is 9.99. The molecule has 0 bridgehead atoms. The van der Waals surface area contributed by atoms with Crippen molar-refractivity contribution in [2.24, 2.45) is 5.73 Å². The quantitative estimate of drug-likeness (QED) is 0.658. The lowest BCUT2D eigenvalue weighted by Gasteiger charge is -2.35. The molecule has 0 amide bonds. The second-order valence-electron chi connectivity index (χ2n) is 4.82. The van der Waals surface area contributed by atoms with Crippen molar-refractivity contribution >= 4 is 0 Å². The van der Waals surface area contributed by atoms with Crippen LogP contribution < -0.4 is 5.73 Å². The molecule has 1 heterocycles. The maximum Gasteiger partial charge on any atom is 0.0107 e. The van der Waals surface area contributed by atoms with Crippen LogP contribution in [0.2, 0.25) is 0 Å². The van der Waals surface area contributed by atoms with E-state index < -0.39 is 0 Å².